The second-order valence-electron chi connectivity index (χ2n) is 9.98. The Morgan fingerprint density at radius 2 is 1.54 bits per heavy atom. The number of nitrogens with zero attached hydrogens (tertiary/aromatic N) is 1. The normalized spacial score (nSPS) is 16.2. The molecule has 0 spiro atoms. The topological polar surface area (TPSA) is 95.9 Å². The lowest BCUT2D eigenvalue weighted by Crippen LogP contribution is -2.54. The zero-order valence-electron chi connectivity index (χ0n) is 20.6. The van der Waals surface area contributed by atoms with Gasteiger partial charge in [0.05, 0.1) is 0 Å². The molecule has 2 aliphatic carbocycles. The molecule has 7 nitrogen and oxygen atoms in total. The minimum atomic E-state index is -1.05. The van der Waals surface area contributed by atoms with E-state index in [-0.39, 0.29) is 24.5 Å². The van der Waals surface area contributed by atoms with Gasteiger partial charge >= 0.3 is 12.1 Å². The van der Waals surface area contributed by atoms with Crippen molar-refractivity contribution in [1.82, 2.24) is 10.2 Å². The molecule has 0 heterocycles. The summed E-state index contributed by atoms with van der Waals surface area (Å²) in [7, 11) is 0. The van der Waals surface area contributed by atoms with Gasteiger partial charge in [0.1, 0.15) is 18.7 Å². The van der Waals surface area contributed by atoms with Crippen LogP contribution in [0.15, 0.2) is 48.5 Å². The Balaban J connectivity index is 1.46. The number of fused-ring (bicyclic) bond motifs is 3. The second kappa shape index (κ2) is 10.5. The van der Waals surface area contributed by atoms with Crippen LogP contribution in [0.5, 0.6) is 0 Å². The first-order chi connectivity index (χ1) is 16.8. The van der Waals surface area contributed by atoms with Crippen molar-refractivity contribution in [3.8, 4) is 11.1 Å². The molecule has 1 saturated carbocycles. The molecule has 0 aromatic heterocycles. The number of amides is 2. The number of carbonyl (C=O) groups excluding carboxylic acids is 2. The average Bonchev–Trinajstić information content (AvgIpc) is 3.62. The average molecular weight is 479 g/mol. The molecule has 2 aliphatic rings. The number of carbonyl (C=O) groups is 3. The fraction of sp³-hybridized carbons (Fsp3) is 0.464. The monoisotopic (exact) mass is 478 g/mol. The van der Waals surface area contributed by atoms with Gasteiger partial charge in [-0.15, -0.1) is 0 Å². The zero-order valence-corrected chi connectivity index (χ0v) is 20.6. The van der Waals surface area contributed by atoms with Crippen LogP contribution in [0.3, 0.4) is 0 Å². The summed E-state index contributed by atoms with van der Waals surface area (Å²) in [5.74, 6) is -1.14. The molecule has 2 atom stereocenters. The summed E-state index contributed by atoms with van der Waals surface area (Å²) in [6.45, 7) is 5.77. The third kappa shape index (κ3) is 5.50. The highest BCUT2D eigenvalue weighted by Crippen LogP contribution is 2.44. The third-order valence-electron chi connectivity index (χ3n) is 6.94. The van der Waals surface area contributed by atoms with E-state index in [1.54, 1.807) is 0 Å². The van der Waals surface area contributed by atoms with Gasteiger partial charge < -0.3 is 20.1 Å². The summed E-state index contributed by atoms with van der Waals surface area (Å²) in [6, 6.07) is 14.4. The molecule has 0 radical (unpaired) electrons. The first-order valence-corrected chi connectivity index (χ1v) is 12.4. The van der Waals surface area contributed by atoms with Gasteiger partial charge in [-0.3, -0.25) is 4.79 Å². The smallest absolute Gasteiger partial charge is 0.407 e. The Bertz CT molecular complexity index is 1050. The van der Waals surface area contributed by atoms with E-state index in [1.807, 2.05) is 38.1 Å². The number of aliphatic carboxylic acids is 1. The van der Waals surface area contributed by atoms with Crippen molar-refractivity contribution in [2.45, 2.75) is 70.5 Å². The van der Waals surface area contributed by atoms with E-state index in [9.17, 15) is 19.5 Å². The molecular weight excluding hydrogens is 444 g/mol. The van der Waals surface area contributed by atoms with Gasteiger partial charge in [-0.05, 0) is 60.8 Å². The maximum absolute atomic E-state index is 13.4. The molecule has 2 N–H and O–H groups in total. The number of nitrogens with one attached hydrogen (secondary N) is 1. The molecule has 2 aromatic carbocycles. The van der Waals surface area contributed by atoms with E-state index in [1.165, 1.54) is 11.8 Å². The van der Waals surface area contributed by atoms with Gasteiger partial charge in [0.2, 0.25) is 5.91 Å². The molecule has 7 heteroatoms. The minimum absolute atomic E-state index is 0.0760. The molecular formula is C28H34N2O5. The van der Waals surface area contributed by atoms with Gasteiger partial charge in [0.15, 0.2) is 0 Å². The third-order valence-corrected chi connectivity index (χ3v) is 6.94. The second-order valence-corrected chi connectivity index (χ2v) is 9.98. The predicted molar refractivity (Wildman–Crippen MR) is 133 cm³/mol. The summed E-state index contributed by atoms with van der Waals surface area (Å²) in [5, 5.41) is 12.3. The van der Waals surface area contributed by atoms with Gasteiger partial charge in [-0.25, -0.2) is 9.59 Å². The summed E-state index contributed by atoms with van der Waals surface area (Å²) in [5.41, 5.74) is 4.52. The lowest BCUT2D eigenvalue weighted by molar-refractivity contribution is -0.151. The van der Waals surface area contributed by atoms with E-state index in [0.29, 0.717) is 12.3 Å². The van der Waals surface area contributed by atoms with Crippen LogP contribution in [0.1, 0.15) is 63.5 Å². The maximum atomic E-state index is 13.4. The Hall–Kier alpha value is -3.35. The van der Waals surface area contributed by atoms with Crippen LogP contribution < -0.4 is 5.32 Å². The Morgan fingerprint density at radius 1 is 0.971 bits per heavy atom. The van der Waals surface area contributed by atoms with Gasteiger partial charge in [-0.1, -0.05) is 62.4 Å². The molecule has 0 aliphatic heterocycles. The molecule has 0 bridgehead atoms. The SMILES string of the molecule is CC(C)CCC(NC(=O)OCC1c2ccccc2-c2ccccc21)C(=O)N(C1CC1)C(C)C(=O)O. The van der Waals surface area contributed by atoms with Crippen LogP contribution in [0, 0.1) is 5.92 Å². The largest absolute Gasteiger partial charge is 0.480 e. The number of benzene rings is 2. The van der Waals surface area contributed by atoms with Crippen LogP contribution in [-0.4, -0.2) is 52.7 Å². The zero-order chi connectivity index (χ0) is 25.1. The van der Waals surface area contributed by atoms with Crippen LogP contribution >= 0.6 is 0 Å². The summed E-state index contributed by atoms with van der Waals surface area (Å²) >= 11 is 0. The number of carboxylic acids is 1. The van der Waals surface area contributed by atoms with E-state index in [2.05, 4.69) is 29.6 Å². The highest BCUT2D eigenvalue weighted by atomic mass is 16.5. The maximum Gasteiger partial charge on any atom is 0.407 e. The van der Waals surface area contributed by atoms with Crippen LogP contribution in [-0.2, 0) is 14.3 Å². The van der Waals surface area contributed by atoms with Crippen molar-refractivity contribution in [2.24, 2.45) is 5.92 Å². The van der Waals surface area contributed by atoms with Crippen LogP contribution in [0.4, 0.5) is 4.79 Å². The highest BCUT2D eigenvalue weighted by Gasteiger charge is 2.41. The van der Waals surface area contributed by atoms with Gasteiger partial charge in [0.25, 0.3) is 0 Å². The Labute approximate surface area is 206 Å². The fourth-order valence-electron chi connectivity index (χ4n) is 4.88. The number of rotatable bonds is 10. The molecule has 0 saturated heterocycles. The first-order valence-electron chi connectivity index (χ1n) is 12.4. The summed E-state index contributed by atoms with van der Waals surface area (Å²) in [6.07, 6.45) is 2.06. The first kappa shape index (κ1) is 24.8. The van der Waals surface area contributed by atoms with Gasteiger partial charge in [-0.2, -0.15) is 0 Å². The van der Waals surface area contributed by atoms with Crippen molar-refractivity contribution < 1.29 is 24.2 Å². The van der Waals surface area contributed by atoms with E-state index >= 15 is 0 Å². The molecule has 35 heavy (non-hydrogen) atoms. The Morgan fingerprint density at radius 3 is 2.06 bits per heavy atom. The van der Waals surface area contributed by atoms with Crippen LogP contribution in [0.2, 0.25) is 0 Å². The van der Waals surface area contributed by atoms with Crippen molar-refractivity contribution in [1.29, 1.82) is 0 Å². The fourth-order valence-corrected chi connectivity index (χ4v) is 4.88. The van der Waals surface area contributed by atoms with Crippen molar-refractivity contribution >= 4 is 18.0 Å². The Kier molecular flexibility index (Phi) is 7.43. The van der Waals surface area contributed by atoms with Gasteiger partial charge in [0, 0.05) is 12.0 Å². The summed E-state index contributed by atoms with van der Waals surface area (Å²) in [4.78, 5) is 39.3. The number of carboxylic acid groups (broad SMARTS) is 1. The number of ether oxygens (including phenoxy) is 1. The highest BCUT2D eigenvalue weighted by molar-refractivity contribution is 5.89. The van der Waals surface area contributed by atoms with Crippen molar-refractivity contribution in [2.75, 3.05) is 6.61 Å². The van der Waals surface area contributed by atoms with Crippen LogP contribution in [0.25, 0.3) is 11.1 Å². The standard InChI is InChI=1S/C28H34N2O5/c1-17(2)12-15-25(26(31)30(19-13-14-19)18(3)27(32)33)29-28(34)35-16-24-22-10-6-4-8-20(22)21-9-5-7-11-23(21)24/h4-11,17-19,24-25H,12-16H2,1-3H3,(H,29,34)(H,32,33). The molecule has 2 amide bonds. The van der Waals surface area contributed by atoms with Crippen molar-refractivity contribution in [3.05, 3.63) is 59.7 Å². The number of hydrogen-bond acceptors (Lipinski definition) is 4. The predicted octanol–water partition coefficient (Wildman–Crippen LogP) is 4.79. The molecule has 1 fully saturated rings. The molecule has 2 aromatic rings. The van der Waals surface area contributed by atoms with E-state index < -0.39 is 24.1 Å². The number of alkyl carbamates (subject to hydrolysis) is 1. The molecule has 2 unspecified atom stereocenters. The van der Waals surface area contributed by atoms with E-state index in [0.717, 1.165) is 41.5 Å². The van der Waals surface area contributed by atoms with Crippen molar-refractivity contribution in [3.63, 3.8) is 0 Å². The lowest BCUT2D eigenvalue weighted by Gasteiger charge is -2.31. The van der Waals surface area contributed by atoms with E-state index in [4.69, 9.17) is 4.74 Å². The molecule has 186 valence electrons. The number of hydrogen-bond donors (Lipinski definition) is 2. The summed E-state index contributed by atoms with van der Waals surface area (Å²) < 4.78 is 5.65. The quantitative estimate of drug-likeness (QED) is 0.512. The lowest BCUT2D eigenvalue weighted by atomic mass is 9.98. The minimum Gasteiger partial charge on any atom is -0.480 e. The molecule has 4 rings (SSSR count).